The minimum absolute atomic E-state index is 0.663. The first-order valence-electron chi connectivity index (χ1n) is 6.60. The van der Waals surface area contributed by atoms with Gasteiger partial charge in [-0.2, -0.15) is 0 Å². The maximum absolute atomic E-state index is 5.43. The van der Waals surface area contributed by atoms with E-state index in [4.69, 9.17) is 4.42 Å². The SMILES string of the molecule is CNc1cnc(CN(Cc2ccco2)C2CC2)cn1. The summed E-state index contributed by atoms with van der Waals surface area (Å²) in [6.45, 7) is 1.66. The van der Waals surface area contributed by atoms with Gasteiger partial charge in [-0.05, 0) is 25.0 Å². The summed E-state index contributed by atoms with van der Waals surface area (Å²) >= 11 is 0. The second-order valence-corrected chi connectivity index (χ2v) is 4.86. The molecule has 0 bridgehead atoms. The summed E-state index contributed by atoms with van der Waals surface area (Å²) in [7, 11) is 1.84. The average Bonchev–Trinajstić information content (AvgIpc) is 3.17. The van der Waals surface area contributed by atoms with Crippen LogP contribution in [-0.4, -0.2) is 28.0 Å². The zero-order chi connectivity index (χ0) is 13.1. The number of hydrogen-bond acceptors (Lipinski definition) is 5. The zero-order valence-corrected chi connectivity index (χ0v) is 11.0. The van der Waals surface area contributed by atoms with Gasteiger partial charge in [0.1, 0.15) is 11.6 Å². The average molecular weight is 258 g/mol. The zero-order valence-electron chi connectivity index (χ0n) is 11.0. The lowest BCUT2D eigenvalue weighted by Crippen LogP contribution is -2.25. The van der Waals surface area contributed by atoms with Crippen molar-refractivity contribution in [2.45, 2.75) is 32.0 Å². The first kappa shape index (κ1) is 12.2. The Labute approximate surface area is 112 Å². The molecule has 2 aromatic heterocycles. The van der Waals surface area contributed by atoms with Gasteiger partial charge in [0.15, 0.2) is 0 Å². The molecule has 2 heterocycles. The van der Waals surface area contributed by atoms with E-state index in [0.29, 0.717) is 6.04 Å². The Balaban J connectivity index is 1.66. The number of nitrogens with zero attached hydrogens (tertiary/aromatic N) is 3. The van der Waals surface area contributed by atoms with Crippen LogP contribution in [0, 0.1) is 0 Å². The van der Waals surface area contributed by atoms with Crippen molar-refractivity contribution < 1.29 is 4.42 Å². The molecular formula is C14H18N4O. The monoisotopic (exact) mass is 258 g/mol. The van der Waals surface area contributed by atoms with Crippen LogP contribution in [0.25, 0.3) is 0 Å². The van der Waals surface area contributed by atoms with Crippen molar-refractivity contribution in [2.75, 3.05) is 12.4 Å². The largest absolute Gasteiger partial charge is 0.468 e. The van der Waals surface area contributed by atoms with Crippen LogP contribution in [-0.2, 0) is 13.1 Å². The third-order valence-electron chi connectivity index (χ3n) is 3.33. The summed E-state index contributed by atoms with van der Waals surface area (Å²) in [5.74, 6) is 1.81. The minimum atomic E-state index is 0.663. The summed E-state index contributed by atoms with van der Waals surface area (Å²) in [4.78, 5) is 11.1. The van der Waals surface area contributed by atoms with Crippen molar-refractivity contribution in [3.63, 3.8) is 0 Å². The molecule has 0 unspecified atom stereocenters. The van der Waals surface area contributed by atoms with Gasteiger partial charge in [0.2, 0.25) is 0 Å². The van der Waals surface area contributed by atoms with Gasteiger partial charge in [-0.1, -0.05) is 0 Å². The van der Waals surface area contributed by atoms with Crippen molar-refractivity contribution >= 4 is 5.82 Å². The Hall–Kier alpha value is -1.88. The fraction of sp³-hybridized carbons (Fsp3) is 0.429. The van der Waals surface area contributed by atoms with Crippen LogP contribution in [0.5, 0.6) is 0 Å². The molecular weight excluding hydrogens is 240 g/mol. The lowest BCUT2D eigenvalue weighted by molar-refractivity contribution is 0.222. The van der Waals surface area contributed by atoms with E-state index in [1.165, 1.54) is 12.8 Å². The van der Waals surface area contributed by atoms with Gasteiger partial charge in [0.25, 0.3) is 0 Å². The van der Waals surface area contributed by atoms with E-state index in [2.05, 4.69) is 20.2 Å². The highest BCUT2D eigenvalue weighted by Crippen LogP contribution is 2.29. The molecule has 1 fully saturated rings. The van der Waals surface area contributed by atoms with Crippen molar-refractivity contribution in [3.8, 4) is 0 Å². The van der Waals surface area contributed by atoms with Crippen LogP contribution in [0.4, 0.5) is 5.82 Å². The van der Waals surface area contributed by atoms with Gasteiger partial charge in [-0.15, -0.1) is 0 Å². The third-order valence-corrected chi connectivity index (χ3v) is 3.33. The Morgan fingerprint density at radius 3 is 2.79 bits per heavy atom. The molecule has 1 N–H and O–H groups in total. The minimum Gasteiger partial charge on any atom is -0.468 e. The molecule has 5 heteroatoms. The van der Waals surface area contributed by atoms with Crippen LogP contribution in [0.2, 0.25) is 0 Å². The first-order chi connectivity index (χ1) is 9.35. The lowest BCUT2D eigenvalue weighted by atomic mass is 10.3. The number of nitrogens with one attached hydrogen (secondary N) is 1. The lowest BCUT2D eigenvalue weighted by Gasteiger charge is -2.20. The number of aromatic nitrogens is 2. The van der Waals surface area contributed by atoms with E-state index in [-0.39, 0.29) is 0 Å². The van der Waals surface area contributed by atoms with Crippen molar-refractivity contribution in [3.05, 3.63) is 42.2 Å². The van der Waals surface area contributed by atoms with Gasteiger partial charge in [-0.3, -0.25) is 9.88 Å². The summed E-state index contributed by atoms with van der Waals surface area (Å²) in [6, 6.07) is 4.61. The summed E-state index contributed by atoms with van der Waals surface area (Å²) in [5, 5.41) is 2.98. The van der Waals surface area contributed by atoms with Crippen molar-refractivity contribution in [1.82, 2.24) is 14.9 Å². The Morgan fingerprint density at radius 2 is 2.21 bits per heavy atom. The van der Waals surface area contributed by atoms with Crippen LogP contribution in [0.15, 0.2) is 35.2 Å². The van der Waals surface area contributed by atoms with E-state index in [1.54, 1.807) is 12.5 Å². The van der Waals surface area contributed by atoms with Gasteiger partial charge in [0, 0.05) is 19.6 Å². The molecule has 0 saturated heterocycles. The number of furan rings is 1. The van der Waals surface area contributed by atoms with Crippen molar-refractivity contribution in [2.24, 2.45) is 0 Å². The number of rotatable bonds is 6. The molecule has 1 aliphatic carbocycles. The molecule has 0 aliphatic heterocycles. The van der Waals surface area contributed by atoms with E-state index < -0.39 is 0 Å². The molecule has 5 nitrogen and oxygen atoms in total. The Morgan fingerprint density at radius 1 is 1.32 bits per heavy atom. The van der Waals surface area contributed by atoms with E-state index >= 15 is 0 Å². The van der Waals surface area contributed by atoms with Crippen LogP contribution < -0.4 is 5.32 Å². The quantitative estimate of drug-likeness (QED) is 0.861. The fourth-order valence-electron chi connectivity index (χ4n) is 2.13. The van der Waals surface area contributed by atoms with Crippen LogP contribution in [0.3, 0.4) is 0 Å². The standard InChI is InChI=1S/C14H18N4O/c1-15-14-8-16-11(7-17-14)9-18(12-4-5-12)10-13-3-2-6-19-13/h2-3,6-8,12H,4-5,9-10H2,1H3,(H,15,17). The van der Waals surface area contributed by atoms with Gasteiger partial charge >= 0.3 is 0 Å². The summed E-state index contributed by atoms with van der Waals surface area (Å²) < 4.78 is 5.43. The second kappa shape index (κ2) is 5.40. The highest BCUT2D eigenvalue weighted by Gasteiger charge is 2.29. The second-order valence-electron chi connectivity index (χ2n) is 4.86. The molecule has 19 heavy (non-hydrogen) atoms. The molecule has 1 saturated carbocycles. The van der Waals surface area contributed by atoms with E-state index in [0.717, 1.165) is 30.4 Å². The predicted octanol–water partition coefficient (Wildman–Crippen LogP) is 2.28. The fourth-order valence-corrected chi connectivity index (χ4v) is 2.13. The number of anilines is 1. The maximum atomic E-state index is 5.43. The molecule has 0 spiro atoms. The van der Waals surface area contributed by atoms with Crippen molar-refractivity contribution in [1.29, 1.82) is 0 Å². The Kier molecular flexibility index (Phi) is 3.46. The van der Waals surface area contributed by atoms with Crippen LogP contribution in [0.1, 0.15) is 24.3 Å². The highest BCUT2D eigenvalue weighted by molar-refractivity contribution is 5.29. The van der Waals surface area contributed by atoms with Gasteiger partial charge in [0.05, 0.1) is 30.9 Å². The van der Waals surface area contributed by atoms with E-state index in [9.17, 15) is 0 Å². The maximum Gasteiger partial charge on any atom is 0.144 e. The third kappa shape index (κ3) is 3.12. The first-order valence-corrected chi connectivity index (χ1v) is 6.60. The summed E-state index contributed by atoms with van der Waals surface area (Å²) in [6.07, 6.45) is 7.87. The van der Waals surface area contributed by atoms with Crippen LogP contribution >= 0.6 is 0 Å². The highest BCUT2D eigenvalue weighted by atomic mass is 16.3. The molecule has 1 aliphatic rings. The molecule has 100 valence electrons. The molecule has 0 atom stereocenters. The van der Waals surface area contributed by atoms with Gasteiger partial charge in [-0.25, -0.2) is 4.98 Å². The van der Waals surface area contributed by atoms with E-state index in [1.807, 2.05) is 25.4 Å². The molecule has 2 aromatic rings. The summed E-state index contributed by atoms with van der Waals surface area (Å²) in [5.41, 5.74) is 0.998. The molecule has 0 amide bonds. The van der Waals surface area contributed by atoms with Gasteiger partial charge < -0.3 is 9.73 Å². The molecule has 0 aromatic carbocycles. The molecule has 0 radical (unpaired) electrons. The Bertz CT molecular complexity index is 505. The predicted molar refractivity (Wildman–Crippen MR) is 72.6 cm³/mol. The number of hydrogen-bond donors (Lipinski definition) is 1. The normalized spacial score (nSPS) is 14.8. The topological polar surface area (TPSA) is 54.2 Å². The molecule has 3 rings (SSSR count). The smallest absolute Gasteiger partial charge is 0.144 e.